The predicted octanol–water partition coefficient (Wildman–Crippen LogP) is -0.121. The molecule has 7 heteroatoms. The molecule has 1 amide bonds. The monoisotopic (exact) mass is 311 g/mol. The summed E-state index contributed by atoms with van der Waals surface area (Å²) >= 11 is 0. The van der Waals surface area contributed by atoms with Crippen LogP contribution in [0.1, 0.15) is 17.9 Å². The van der Waals surface area contributed by atoms with Crippen molar-refractivity contribution in [1.82, 2.24) is 9.62 Å². The minimum Gasteiger partial charge on any atom is -0.340 e. The van der Waals surface area contributed by atoms with Crippen molar-refractivity contribution in [3.05, 3.63) is 35.9 Å². The number of nitrogens with two attached hydrogens (primary N) is 1. The van der Waals surface area contributed by atoms with Crippen molar-refractivity contribution < 1.29 is 13.2 Å². The van der Waals surface area contributed by atoms with E-state index in [2.05, 4.69) is 4.72 Å². The Kier molecular flexibility index (Phi) is 4.97. The van der Waals surface area contributed by atoms with E-state index in [9.17, 15) is 13.2 Å². The Morgan fingerprint density at radius 2 is 2.00 bits per heavy atom. The highest BCUT2D eigenvalue weighted by Crippen LogP contribution is 2.26. The fourth-order valence-electron chi connectivity index (χ4n) is 2.59. The molecular formula is C14H21N3O3S. The van der Waals surface area contributed by atoms with Crippen molar-refractivity contribution in [2.75, 3.05) is 25.9 Å². The summed E-state index contributed by atoms with van der Waals surface area (Å²) in [5, 5.41) is 0. The van der Waals surface area contributed by atoms with Gasteiger partial charge in [0.05, 0.1) is 6.26 Å². The summed E-state index contributed by atoms with van der Waals surface area (Å²) in [6.07, 6.45) is 1.23. The maximum Gasteiger partial charge on any atom is 0.223 e. The lowest BCUT2D eigenvalue weighted by Gasteiger charge is -2.16. The van der Waals surface area contributed by atoms with Gasteiger partial charge in [0.1, 0.15) is 0 Å². The van der Waals surface area contributed by atoms with Crippen LogP contribution in [0.25, 0.3) is 0 Å². The highest BCUT2D eigenvalue weighted by Gasteiger charge is 2.33. The molecule has 0 unspecified atom stereocenters. The second-order valence-corrected chi connectivity index (χ2v) is 7.23. The van der Waals surface area contributed by atoms with Crippen molar-refractivity contribution in [1.29, 1.82) is 0 Å². The van der Waals surface area contributed by atoms with Gasteiger partial charge < -0.3 is 10.6 Å². The van der Waals surface area contributed by atoms with Gasteiger partial charge in [-0.05, 0) is 5.56 Å². The molecule has 1 aromatic rings. The molecule has 1 saturated heterocycles. The summed E-state index contributed by atoms with van der Waals surface area (Å²) in [6, 6.07) is 9.82. The lowest BCUT2D eigenvalue weighted by Crippen LogP contribution is -2.34. The second kappa shape index (κ2) is 6.55. The molecule has 1 aliphatic rings. The Hall–Kier alpha value is -1.44. The maximum atomic E-state index is 12.1. The summed E-state index contributed by atoms with van der Waals surface area (Å²) in [5.74, 6) is 0.0676. The molecule has 0 radical (unpaired) electrons. The van der Waals surface area contributed by atoms with Crippen LogP contribution in [0.15, 0.2) is 30.3 Å². The van der Waals surface area contributed by atoms with E-state index in [1.807, 2.05) is 30.3 Å². The van der Waals surface area contributed by atoms with Crippen molar-refractivity contribution >= 4 is 15.9 Å². The quantitative estimate of drug-likeness (QED) is 0.793. The highest BCUT2D eigenvalue weighted by molar-refractivity contribution is 7.88. The normalized spacial score (nSPS) is 22.5. The largest absolute Gasteiger partial charge is 0.340 e. The summed E-state index contributed by atoms with van der Waals surface area (Å²) in [6.45, 7) is 1.22. The topological polar surface area (TPSA) is 92.5 Å². The number of likely N-dealkylation sites (tertiary alicyclic amines) is 1. The number of amides is 1. The average molecular weight is 311 g/mol. The van der Waals surface area contributed by atoms with Gasteiger partial charge in [0.15, 0.2) is 0 Å². The summed E-state index contributed by atoms with van der Waals surface area (Å²) in [4.78, 5) is 13.8. The summed E-state index contributed by atoms with van der Waals surface area (Å²) < 4.78 is 24.3. The Morgan fingerprint density at radius 3 is 2.62 bits per heavy atom. The van der Waals surface area contributed by atoms with Crippen molar-refractivity contribution in [2.45, 2.75) is 18.4 Å². The summed E-state index contributed by atoms with van der Waals surface area (Å²) in [5.41, 5.74) is 7.27. The van der Waals surface area contributed by atoms with Gasteiger partial charge in [-0.2, -0.15) is 0 Å². The van der Waals surface area contributed by atoms with Crippen LogP contribution in [-0.2, 0) is 14.8 Å². The number of carbonyl (C=O) groups is 1. The van der Waals surface area contributed by atoms with Crippen LogP contribution in [0.4, 0.5) is 0 Å². The van der Waals surface area contributed by atoms with Gasteiger partial charge in [0.2, 0.25) is 15.9 Å². The molecule has 3 N–H and O–H groups in total. The number of nitrogens with zero attached hydrogens (tertiary/aromatic N) is 1. The number of benzene rings is 1. The number of carbonyl (C=O) groups excluding carboxylic acids is 1. The zero-order valence-electron chi connectivity index (χ0n) is 12.0. The van der Waals surface area contributed by atoms with Gasteiger partial charge in [-0.3, -0.25) is 4.79 Å². The summed E-state index contributed by atoms with van der Waals surface area (Å²) in [7, 11) is -3.25. The fraction of sp³-hybridized carbons (Fsp3) is 0.500. The number of rotatable bonds is 5. The molecule has 0 aromatic heterocycles. The molecule has 0 saturated carbocycles. The van der Waals surface area contributed by atoms with Crippen LogP contribution >= 0.6 is 0 Å². The van der Waals surface area contributed by atoms with E-state index < -0.39 is 10.0 Å². The SMILES string of the molecule is CS(=O)(=O)NCCC(=O)N1C[C@H](c2ccccc2)[C@@H](N)C1. The van der Waals surface area contributed by atoms with E-state index in [0.717, 1.165) is 11.8 Å². The van der Waals surface area contributed by atoms with E-state index in [1.54, 1.807) is 4.90 Å². The van der Waals surface area contributed by atoms with Gasteiger partial charge in [-0.25, -0.2) is 13.1 Å². The standard InChI is InChI=1S/C14H21N3O3S/c1-21(19,20)16-8-7-14(18)17-9-12(13(15)10-17)11-5-3-2-4-6-11/h2-6,12-13,16H,7-10,15H2,1H3/t12-,13+/m1/s1. The average Bonchev–Trinajstić information content (AvgIpc) is 2.80. The van der Waals surface area contributed by atoms with Gasteiger partial charge in [0, 0.05) is 38.0 Å². The number of hydrogen-bond acceptors (Lipinski definition) is 4. The molecule has 0 aliphatic carbocycles. The zero-order valence-corrected chi connectivity index (χ0v) is 12.8. The van der Waals surface area contributed by atoms with Crippen molar-refractivity contribution in [2.24, 2.45) is 5.73 Å². The molecule has 1 heterocycles. The van der Waals surface area contributed by atoms with E-state index >= 15 is 0 Å². The number of sulfonamides is 1. The minimum atomic E-state index is -3.25. The van der Waals surface area contributed by atoms with Crippen LogP contribution in [0.2, 0.25) is 0 Å². The molecule has 6 nitrogen and oxygen atoms in total. The van der Waals surface area contributed by atoms with Crippen molar-refractivity contribution in [3.8, 4) is 0 Å². The molecule has 1 fully saturated rings. The Labute approximate surface area is 125 Å². The third-order valence-corrected chi connectivity index (χ3v) is 4.38. The number of hydrogen-bond donors (Lipinski definition) is 2. The lowest BCUT2D eigenvalue weighted by atomic mass is 9.95. The fourth-order valence-corrected chi connectivity index (χ4v) is 3.06. The van der Waals surface area contributed by atoms with Crippen LogP contribution in [-0.4, -0.2) is 51.2 Å². The van der Waals surface area contributed by atoms with Crippen LogP contribution in [0.3, 0.4) is 0 Å². The first kappa shape index (κ1) is 15.9. The van der Waals surface area contributed by atoms with Gasteiger partial charge in [-0.1, -0.05) is 30.3 Å². The van der Waals surface area contributed by atoms with Crippen molar-refractivity contribution in [3.63, 3.8) is 0 Å². The minimum absolute atomic E-state index is 0.0694. The van der Waals surface area contributed by atoms with E-state index in [4.69, 9.17) is 5.73 Å². The number of nitrogens with one attached hydrogen (secondary N) is 1. The molecule has 0 spiro atoms. The van der Waals surface area contributed by atoms with Gasteiger partial charge in [0.25, 0.3) is 0 Å². The first-order valence-electron chi connectivity index (χ1n) is 6.90. The molecule has 1 aliphatic heterocycles. The second-order valence-electron chi connectivity index (χ2n) is 5.40. The van der Waals surface area contributed by atoms with E-state index in [-0.39, 0.29) is 30.8 Å². The maximum absolute atomic E-state index is 12.1. The smallest absolute Gasteiger partial charge is 0.223 e. The third kappa shape index (κ3) is 4.52. The lowest BCUT2D eigenvalue weighted by molar-refractivity contribution is -0.130. The first-order valence-corrected chi connectivity index (χ1v) is 8.79. The van der Waals surface area contributed by atoms with Crippen LogP contribution in [0, 0.1) is 0 Å². The van der Waals surface area contributed by atoms with Crippen LogP contribution < -0.4 is 10.5 Å². The molecular weight excluding hydrogens is 290 g/mol. The molecule has 21 heavy (non-hydrogen) atoms. The van der Waals surface area contributed by atoms with Gasteiger partial charge in [-0.15, -0.1) is 0 Å². The van der Waals surface area contributed by atoms with Crippen LogP contribution in [0.5, 0.6) is 0 Å². The Morgan fingerprint density at radius 1 is 1.33 bits per heavy atom. The van der Waals surface area contributed by atoms with Gasteiger partial charge >= 0.3 is 0 Å². The third-order valence-electron chi connectivity index (χ3n) is 3.65. The Bertz CT molecular complexity index is 589. The molecule has 1 aromatic carbocycles. The Balaban J connectivity index is 1.90. The highest BCUT2D eigenvalue weighted by atomic mass is 32.2. The first-order chi connectivity index (χ1) is 9.87. The molecule has 2 atom stereocenters. The molecule has 2 rings (SSSR count). The van der Waals surface area contributed by atoms with E-state index in [0.29, 0.717) is 13.1 Å². The zero-order chi connectivity index (χ0) is 15.5. The van der Waals surface area contributed by atoms with E-state index in [1.165, 1.54) is 0 Å². The predicted molar refractivity (Wildman–Crippen MR) is 81.2 cm³/mol. The molecule has 116 valence electrons. The molecule has 0 bridgehead atoms.